The fourth-order valence-corrected chi connectivity index (χ4v) is 5.51. The van der Waals surface area contributed by atoms with Crippen molar-refractivity contribution in [1.29, 1.82) is 0 Å². The Morgan fingerprint density at radius 1 is 1.02 bits per heavy atom. The first-order valence-corrected chi connectivity index (χ1v) is 13.7. The monoisotopic (exact) mass is 558 g/mol. The van der Waals surface area contributed by atoms with Gasteiger partial charge in [-0.15, -0.1) is 0 Å². The SMILES string of the molecule is Cn1cc2cc(-c3ccc(C(=O)C(=O)N[C@H](CN4CCCC4)[C@H](O)c4cc(F)c5c(c4)OCCO5)cc3)ccc2n1. The van der Waals surface area contributed by atoms with Crippen LogP contribution in [0.25, 0.3) is 22.0 Å². The van der Waals surface area contributed by atoms with E-state index in [1.54, 1.807) is 28.9 Å². The molecule has 0 unspecified atom stereocenters. The Labute approximate surface area is 236 Å². The number of amides is 1. The van der Waals surface area contributed by atoms with Crippen molar-refractivity contribution in [3.05, 3.63) is 77.7 Å². The first-order chi connectivity index (χ1) is 19.9. The average Bonchev–Trinajstić information content (AvgIpc) is 3.64. The molecule has 2 aliphatic heterocycles. The van der Waals surface area contributed by atoms with Crippen LogP contribution >= 0.6 is 0 Å². The summed E-state index contributed by atoms with van der Waals surface area (Å²) in [5, 5.41) is 19.4. The number of likely N-dealkylation sites (tertiary alicyclic amines) is 1. The van der Waals surface area contributed by atoms with Gasteiger partial charge in [0.05, 0.1) is 11.6 Å². The van der Waals surface area contributed by atoms with E-state index in [1.807, 2.05) is 31.4 Å². The molecule has 1 aromatic heterocycles. The van der Waals surface area contributed by atoms with Gasteiger partial charge in [0.1, 0.15) is 19.3 Å². The van der Waals surface area contributed by atoms with Crippen LogP contribution in [0.5, 0.6) is 11.5 Å². The Bertz CT molecular complexity index is 1600. The number of hydrogen-bond donors (Lipinski definition) is 2. The topological polar surface area (TPSA) is 106 Å². The van der Waals surface area contributed by atoms with E-state index in [4.69, 9.17) is 9.47 Å². The molecule has 6 rings (SSSR count). The Balaban J connectivity index is 1.19. The smallest absolute Gasteiger partial charge is 0.292 e. The molecule has 0 saturated carbocycles. The van der Waals surface area contributed by atoms with Crippen LogP contribution in [0.3, 0.4) is 0 Å². The van der Waals surface area contributed by atoms with Gasteiger partial charge < -0.3 is 24.8 Å². The number of rotatable bonds is 8. The van der Waals surface area contributed by atoms with Gasteiger partial charge in [0.25, 0.3) is 5.91 Å². The van der Waals surface area contributed by atoms with Crippen molar-refractivity contribution in [2.24, 2.45) is 7.05 Å². The molecule has 0 radical (unpaired) electrons. The maximum atomic E-state index is 14.7. The highest BCUT2D eigenvalue weighted by Crippen LogP contribution is 2.36. The number of benzene rings is 3. The van der Waals surface area contributed by atoms with E-state index in [1.165, 1.54) is 12.1 Å². The summed E-state index contributed by atoms with van der Waals surface area (Å²) in [5.74, 6) is -2.00. The maximum absolute atomic E-state index is 14.7. The normalized spacial score (nSPS) is 16.5. The lowest BCUT2D eigenvalue weighted by atomic mass is 9.99. The number of nitrogens with zero attached hydrogens (tertiary/aromatic N) is 3. The van der Waals surface area contributed by atoms with E-state index in [-0.39, 0.29) is 35.8 Å². The molecular weight excluding hydrogens is 527 g/mol. The van der Waals surface area contributed by atoms with Gasteiger partial charge in [-0.25, -0.2) is 4.39 Å². The summed E-state index contributed by atoms with van der Waals surface area (Å²) < 4.78 is 27.4. The first-order valence-electron chi connectivity index (χ1n) is 13.7. The van der Waals surface area contributed by atoms with Gasteiger partial charge >= 0.3 is 0 Å². The van der Waals surface area contributed by atoms with E-state index in [2.05, 4.69) is 15.3 Å². The second-order valence-corrected chi connectivity index (χ2v) is 10.5. The summed E-state index contributed by atoms with van der Waals surface area (Å²) in [6, 6.07) is 14.6. The molecule has 0 bridgehead atoms. The zero-order chi connectivity index (χ0) is 28.5. The molecule has 0 aliphatic carbocycles. The molecule has 9 nitrogen and oxygen atoms in total. The summed E-state index contributed by atoms with van der Waals surface area (Å²) in [6.45, 7) is 2.45. The third kappa shape index (κ3) is 5.66. The first kappa shape index (κ1) is 26.9. The number of aliphatic hydroxyl groups excluding tert-OH is 1. The van der Waals surface area contributed by atoms with Crippen LogP contribution in [0.15, 0.2) is 60.8 Å². The van der Waals surface area contributed by atoms with Gasteiger partial charge in [0.2, 0.25) is 5.78 Å². The predicted octanol–water partition coefficient (Wildman–Crippen LogP) is 3.65. The van der Waals surface area contributed by atoms with Gasteiger partial charge in [-0.05, 0) is 66.9 Å². The maximum Gasteiger partial charge on any atom is 0.292 e. The highest BCUT2D eigenvalue weighted by Gasteiger charge is 2.31. The summed E-state index contributed by atoms with van der Waals surface area (Å²) in [5.41, 5.74) is 3.22. The zero-order valence-electron chi connectivity index (χ0n) is 22.7. The number of carbonyl (C=O) groups excluding carboxylic acids is 2. The highest BCUT2D eigenvalue weighted by molar-refractivity contribution is 6.42. The minimum absolute atomic E-state index is 0.00584. The molecule has 4 aromatic rings. The van der Waals surface area contributed by atoms with Crippen molar-refractivity contribution in [3.8, 4) is 22.6 Å². The molecule has 10 heteroatoms. The lowest BCUT2D eigenvalue weighted by Gasteiger charge is -2.29. The number of nitrogens with one attached hydrogen (secondary N) is 1. The number of aromatic nitrogens is 2. The molecule has 2 N–H and O–H groups in total. The Morgan fingerprint density at radius 3 is 2.54 bits per heavy atom. The Morgan fingerprint density at radius 2 is 1.76 bits per heavy atom. The molecule has 0 spiro atoms. The zero-order valence-corrected chi connectivity index (χ0v) is 22.7. The number of ether oxygens (including phenoxy) is 2. The molecule has 3 heterocycles. The summed E-state index contributed by atoms with van der Waals surface area (Å²) in [7, 11) is 1.87. The van der Waals surface area contributed by atoms with Crippen molar-refractivity contribution in [2.75, 3.05) is 32.8 Å². The third-order valence-corrected chi connectivity index (χ3v) is 7.62. The van der Waals surface area contributed by atoms with E-state index in [0.717, 1.165) is 48.0 Å². The second kappa shape index (κ2) is 11.3. The standard InChI is InChI=1S/C31H31FN4O5/c1-35-17-23-14-21(8-9-25(23)34-35)19-4-6-20(7-5-19)29(38)31(39)33-26(18-36-10-2-3-11-36)28(37)22-15-24(32)30-27(16-22)40-12-13-41-30/h4-9,14-17,26,28,37H,2-3,10-13,18H2,1H3,(H,33,39)/t26-,28-/m1/s1. The van der Waals surface area contributed by atoms with Crippen LogP contribution in [0.4, 0.5) is 4.39 Å². The molecule has 2 atom stereocenters. The Hall–Kier alpha value is -4.28. The number of Topliss-reactive ketones (excluding diaryl/α,β-unsaturated/α-hetero) is 1. The van der Waals surface area contributed by atoms with Crippen LogP contribution in [0, 0.1) is 5.82 Å². The lowest BCUT2D eigenvalue weighted by Crippen LogP contribution is -2.48. The number of carbonyl (C=O) groups is 2. The second-order valence-electron chi connectivity index (χ2n) is 10.5. The van der Waals surface area contributed by atoms with Gasteiger partial charge in [-0.1, -0.05) is 30.3 Å². The van der Waals surface area contributed by atoms with Gasteiger partial charge in [0, 0.05) is 30.7 Å². The quantitative estimate of drug-likeness (QED) is 0.251. The number of ketones is 1. The number of hydrogen-bond acceptors (Lipinski definition) is 7. The number of aryl methyl sites for hydroxylation is 1. The molecule has 1 saturated heterocycles. The number of halogens is 1. The van der Waals surface area contributed by atoms with Crippen molar-refractivity contribution < 1.29 is 28.6 Å². The minimum Gasteiger partial charge on any atom is -0.486 e. The van der Waals surface area contributed by atoms with E-state index < -0.39 is 29.7 Å². The van der Waals surface area contributed by atoms with Gasteiger partial charge in [-0.2, -0.15) is 5.10 Å². The average molecular weight is 559 g/mol. The number of aliphatic hydroxyl groups is 1. The molecule has 1 amide bonds. The van der Waals surface area contributed by atoms with Gasteiger partial charge in [0.15, 0.2) is 17.3 Å². The lowest BCUT2D eigenvalue weighted by molar-refractivity contribution is -0.118. The highest BCUT2D eigenvalue weighted by atomic mass is 19.1. The summed E-state index contributed by atoms with van der Waals surface area (Å²) in [6.07, 6.45) is 2.68. The van der Waals surface area contributed by atoms with Crippen molar-refractivity contribution in [3.63, 3.8) is 0 Å². The van der Waals surface area contributed by atoms with Crippen molar-refractivity contribution in [2.45, 2.75) is 25.0 Å². The van der Waals surface area contributed by atoms with Crippen LogP contribution in [-0.4, -0.2) is 70.4 Å². The van der Waals surface area contributed by atoms with Crippen LogP contribution < -0.4 is 14.8 Å². The summed E-state index contributed by atoms with van der Waals surface area (Å²) >= 11 is 0. The van der Waals surface area contributed by atoms with E-state index in [0.29, 0.717) is 6.54 Å². The van der Waals surface area contributed by atoms with Crippen LogP contribution in [0.2, 0.25) is 0 Å². The minimum atomic E-state index is -1.28. The van der Waals surface area contributed by atoms with Crippen molar-refractivity contribution in [1.82, 2.24) is 20.0 Å². The van der Waals surface area contributed by atoms with Crippen molar-refractivity contribution >= 4 is 22.6 Å². The molecule has 2 aliphatic rings. The number of fused-ring (bicyclic) bond motifs is 2. The molecule has 3 aromatic carbocycles. The third-order valence-electron chi connectivity index (χ3n) is 7.62. The Kier molecular flexibility index (Phi) is 7.42. The van der Waals surface area contributed by atoms with Crippen LogP contribution in [0.1, 0.15) is 34.9 Å². The largest absolute Gasteiger partial charge is 0.486 e. The molecule has 1 fully saturated rings. The fraction of sp³-hybridized carbons (Fsp3) is 0.323. The molecular formula is C31H31FN4O5. The molecule has 212 valence electrons. The van der Waals surface area contributed by atoms with Crippen LogP contribution in [-0.2, 0) is 11.8 Å². The van der Waals surface area contributed by atoms with E-state index in [9.17, 15) is 19.1 Å². The molecule has 41 heavy (non-hydrogen) atoms. The van der Waals surface area contributed by atoms with Gasteiger partial charge in [-0.3, -0.25) is 14.3 Å². The summed E-state index contributed by atoms with van der Waals surface area (Å²) in [4.78, 5) is 28.4. The van der Waals surface area contributed by atoms with E-state index >= 15 is 0 Å². The predicted molar refractivity (Wildman–Crippen MR) is 150 cm³/mol. The fourth-order valence-electron chi connectivity index (χ4n) is 5.51.